The predicted octanol–water partition coefficient (Wildman–Crippen LogP) is 7.44. The van der Waals surface area contributed by atoms with Gasteiger partial charge in [-0.2, -0.15) is 0 Å². The van der Waals surface area contributed by atoms with E-state index < -0.39 is 0 Å². The van der Waals surface area contributed by atoms with E-state index in [0.717, 1.165) is 18.0 Å². The smallest absolute Gasteiger partial charge is 0.0130 e. The van der Waals surface area contributed by atoms with Crippen LogP contribution in [0.1, 0.15) is 116 Å². The minimum Gasteiger partial charge on any atom is -0.293 e. The second kappa shape index (κ2) is 8.27. The second-order valence-electron chi connectivity index (χ2n) is 11.2. The van der Waals surface area contributed by atoms with Gasteiger partial charge in [0.15, 0.2) is 0 Å². The number of nitrogens with zero attached hydrogens (tertiary/aromatic N) is 1. The van der Waals surface area contributed by atoms with Gasteiger partial charge in [0.2, 0.25) is 0 Å². The van der Waals surface area contributed by atoms with Gasteiger partial charge in [0.25, 0.3) is 0 Å². The second-order valence-corrected chi connectivity index (χ2v) is 11.2. The Kier molecular flexibility index (Phi) is 6.41. The molecule has 0 aromatic heterocycles. The largest absolute Gasteiger partial charge is 0.293 e. The molecule has 0 unspecified atom stereocenters. The van der Waals surface area contributed by atoms with E-state index in [1.807, 2.05) is 0 Å². The molecule has 2 aliphatic carbocycles. The Hall–Kier alpha value is -0.820. The first kappa shape index (κ1) is 20.9. The van der Waals surface area contributed by atoms with Gasteiger partial charge in [-0.25, -0.2) is 0 Å². The van der Waals surface area contributed by atoms with Crippen molar-refractivity contribution in [1.82, 2.24) is 4.90 Å². The van der Waals surface area contributed by atoms with Gasteiger partial charge in [-0.05, 0) is 81.8 Å². The summed E-state index contributed by atoms with van der Waals surface area (Å²) in [6, 6.07) is 11.2. The van der Waals surface area contributed by atoms with Gasteiger partial charge in [0.05, 0.1) is 0 Å². The predicted molar refractivity (Wildman–Crippen MR) is 119 cm³/mol. The van der Waals surface area contributed by atoms with Gasteiger partial charge < -0.3 is 0 Å². The Morgan fingerprint density at radius 1 is 0.667 bits per heavy atom. The van der Waals surface area contributed by atoms with Crippen molar-refractivity contribution >= 4 is 0 Å². The zero-order chi connectivity index (χ0) is 19.7. The zero-order valence-electron chi connectivity index (χ0n) is 18.9. The maximum absolute atomic E-state index is 2.94. The van der Waals surface area contributed by atoms with Crippen LogP contribution in [0.5, 0.6) is 0 Å². The molecule has 0 radical (unpaired) electrons. The lowest BCUT2D eigenvalue weighted by Gasteiger charge is -2.50. The molecule has 0 saturated heterocycles. The standard InChI is InChI=1S/C26H43N/c1-25(2,3)22-16-12-20(13-17-22)21-14-18-24(19-15-21)27(26(4,5)6)23-10-8-7-9-11-23/h12-13,16-17,21,23-24H,7-11,14-15,18-19H2,1-6H3. The molecule has 0 bridgehead atoms. The van der Waals surface area contributed by atoms with Gasteiger partial charge in [-0.15, -0.1) is 0 Å². The topological polar surface area (TPSA) is 3.24 Å². The van der Waals surface area contributed by atoms with Crippen molar-refractivity contribution in [3.63, 3.8) is 0 Å². The molecule has 1 nitrogen and oxygen atoms in total. The molecule has 1 aromatic carbocycles. The number of hydrogen-bond donors (Lipinski definition) is 0. The van der Waals surface area contributed by atoms with E-state index in [0.29, 0.717) is 5.54 Å². The van der Waals surface area contributed by atoms with Crippen molar-refractivity contribution in [2.45, 2.75) is 128 Å². The molecular weight excluding hydrogens is 326 g/mol. The van der Waals surface area contributed by atoms with Crippen LogP contribution < -0.4 is 0 Å². The van der Waals surface area contributed by atoms with E-state index in [-0.39, 0.29) is 5.41 Å². The molecular formula is C26H43N. The van der Waals surface area contributed by atoms with Crippen LogP contribution in [0.4, 0.5) is 0 Å². The van der Waals surface area contributed by atoms with Gasteiger partial charge in [0, 0.05) is 17.6 Å². The first-order valence-electron chi connectivity index (χ1n) is 11.5. The molecule has 0 spiro atoms. The quantitative estimate of drug-likeness (QED) is 0.535. The maximum Gasteiger partial charge on any atom is 0.0130 e. The van der Waals surface area contributed by atoms with E-state index in [1.165, 1.54) is 63.4 Å². The molecule has 3 rings (SSSR count). The van der Waals surface area contributed by atoms with E-state index in [1.54, 1.807) is 5.56 Å². The SMILES string of the molecule is CC(C)(C)c1ccc(C2CCC(N(C3CCCCC3)C(C)(C)C)CC2)cc1. The van der Waals surface area contributed by atoms with Gasteiger partial charge in [-0.3, -0.25) is 4.90 Å². The molecule has 152 valence electrons. The van der Waals surface area contributed by atoms with Crippen molar-refractivity contribution in [3.05, 3.63) is 35.4 Å². The van der Waals surface area contributed by atoms with Crippen molar-refractivity contribution in [3.8, 4) is 0 Å². The lowest BCUT2D eigenvalue weighted by atomic mass is 9.78. The molecule has 1 heteroatoms. The first-order valence-corrected chi connectivity index (χ1v) is 11.5. The van der Waals surface area contributed by atoms with Crippen molar-refractivity contribution in [2.24, 2.45) is 0 Å². The maximum atomic E-state index is 2.94. The highest BCUT2D eigenvalue weighted by molar-refractivity contribution is 5.29. The summed E-state index contributed by atoms with van der Waals surface area (Å²) in [5, 5.41) is 0. The molecule has 0 heterocycles. The summed E-state index contributed by atoms with van der Waals surface area (Å²) in [4.78, 5) is 2.94. The lowest BCUT2D eigenvalue weighted by Crippen LogP contribution is -2.55. The first-order chi connectivity index (χ1) is 12.7. The normalized spacial score (nSPS) is 25.7. The highest BCUT2D eigenvalue weighted by Crippen LogP contribution is 2.40. The van der Waals surface area contributed by atoms with Crippen LogP contribution in [0.3, 0.4) is 0 Å². The van der Waals surface area contributed by atoms with Gasteiger partial charge in [0.1, 0.15) is 0 Å². The van der Waals surface area contributed by atoms with Gasteiger partial charge in [-0.1, -0.05) is 64.3 Å². The summed E-state index contributed by atoms with van der Waals surface area (Å²) >= 11 is 0. The van der Waals surface area contributed by atoms with E-state index in [4.69, 9.17) is 0 Å². The highest BCUT2D eigenvalue weighted by Gasteiger charge is 2.37. The van der Waals surface area contributed by atoms with Crippen LogP contribution in [0, 0.1) is 0 Å². The lowest BCUT2D eigenvalue weighted by molar-refractivity contribution is -0.000208. The Morgan fingerprint density at radius 2 is 1.19 bits per heavy atom. The summed E-state index contributed by atoms with van der Waals surface area (Å²) in [7, 11) is 0. The summed E-state index contributed by atoms with van der Waals surface area (Å²) in [6.45, 7) is 14.2. The Labute approximate surface area is 168 Å². The molecule has 27 heavy (non-hydrogen) atoms. The highest BCUT2D eigenvalue weighted by atomic mass is 15.2. The molecule has 2 aliphatic rings. The molecule has 0 atom stereocenters. The fourth-order valence-electron chi connectivity index (χ4n) is 5.70. The third kappa shape index (κ3) is 5.17. The average Bonchev–Trinajstić information content (AvgIpc) is 2.62. The van der Waals surface area contributed by atoms with Crippen LogP contribution in [-0.4, -0.2) is 22.5 Å². The Bertz CT molecular complexity index is 572. The Morgan fingerprint density at radius 3 is 1.67 bits per heavy atom. The van der Waals surface area contributed by atoms with Crippen molar-refractivity contribution in [1.29, 1.82) is 0 Å². The number of rotatable bonds is 3. The van der Waals surface area contributed by atoms with Crippen molar-refractivity contribution in [2.75, 3.05) is 0 Å². The minimum atomic E-state index is 0.253. The number of benzene rings is 1. The van der Waals surface area contributed by atoms with Crippen LogP contribution in [0.2, 0.25) is 0 Å². The average molecular weight is 370 g/mol. The van der Waals surface area contributed by atoms with Crippen LogP contribution in [0.25, 0.3) is 0 Å². The third-order valence-electron chi connectivity index (χ3n) is 7.08. The third-order valence-corrected chi connectivity index (χ3v) is 7.08. The Balaban J connectivity index is 1.64. The summed E-state index contributed by atoms with van der Waals surface area (Å²) in [5.41, 5.74) is 3.58. The molecule has 2 saturated carbocycles. The van der Waals surface area contributed by atoms with E-state index in [9.17, 15) is 0 Å². The molecule has 1 aromatic rings. The van der Waals surface area contributed by atoms with Crippen molar-refractivity contribution < 1.29 is 0 Å². The van der Waals surface area contributed by atoms with E-state index in [2.05, 4.69) is 70.7 Å². The van der Waals surface area contributed by atoms with E-state index >= 15 is 0 Å². The summed E-state index contributed by atoms with van der Waals surface area (Å²) in [5.74, 6) is 0.767. The van der Waals surface area contributed by atoms with Crippen LogP contribution in [0.15, 0.2) is 24.3 Å². The monoisotopic (exact) mass is 369 g/mol. The van der Waals surface area contributed by atoms with Crippen LogP contribution >= 0.6 is 0 Å². The van der Waals surface area contributed by atoms with Gasteiger partial charge >= 0.3 is 0 Å². The molecule has 0 amide bonds. The summed E-state index contributed by atoms with van der Waals surface area (Å²) < 4.78 is 0. The van der Waals surface area contributed by atoms with Crippen LogP contribution in [-0.2, 0) is 5.41 Å². The zero-order valence-corrected chi connectivity index (χ0v) is 18.9. The fourth-order valence-corrected chi connectivity index (χ4v) is 5.70. The minimum absolute atomic E-state index is 0.253. The fraction of sp³-hybridized carbons (Fsp3) is 0.769. The summed E-state index contributed by atoms with van der Waals surface area (Å²) in [6.07, 6.45) is 12.6. The molecule has 0 N–H and O–H groups in total. The number of hydrogen-bond acceptors (Lipinski definition) is 1. The molecule has 2 fully saturated rings. The molecule has 0 aliphatic heterocycles.